The highest BCUT2D eigenvalue weighted by atomic mass is 19.1. The number of aromatic nitrogens is 4. The first-order chi connectivity index (χ1) is 11.8. The van der Waals surface area contributed by atoms with Gasteiger partial charge in [0.2, 0.25) is 11.8 Å². The van der Waals surface area contributed by atoms with E-state index in [9.17, 15) is 4.39 Å². The van der Waals surface area contributed by atoms with Gasteiger partial charge in [0.05, 0.1) is 13.1 Å². The monoisotopic (exact) mass is 327 g/mol. The minimum absolute atomic E-state index is 0.281. The summed E-state index contributed by atoms with van der Waals surface area (Å²) in [6, 6.07) is 8.42. The molecule has 1 saturated heterocycles. The maximum atomic E-state index is 13.0. The Morgan fingerprint density at radius 1 is 1.21 bits per heavy atom. The second-order valence-electron chi connectivity index (χ2n) is 6.00. The number of halogens is 1. The topological polar surface area (TPSA) is 60.0 Å². The second-order valence-corrected chi connectivity index (χ2v) is 6.00. The Labute approximate surface area is 138 Å². The second kappa shape index (κ2) is 6.52. The van der Waals surface area contributed by atoms with E-state index in [1.807, 2.05) is 16.9 Å². The quantitative estimate of drug-likeness (QED) is 0.721. The standard InChI is InChI=1S/C17H18FN5O/c18-14-6-4-13(5-7-14)17-21-20-16(24-17)12-22-9-1-3-15(22)11-23-10-2-8-19-23/h2,4-8,10,15H,1,3,9,11-12H2/t15-/m0/s1. The molecule has 6 nitrogen and oxygen atoms in total. The molecule has 1 aliphatic rings. The van der Waals surface area contributed by atoms with Crippen LogP contribution in [0.25, 0.3) is 11.5 Å². The van der Waals surface area contributed by atoms with Crippen LogP contribution in [0.15, 0.2) is 47.1 Å². The minimum Gasteiger partial charge on any atom is -0.419 e. The van der Waals surface area contributed by atoms with Gasteiger partial charge in [-0.3, -0.25) is 9.58 Å². The zero-order valence-electron chi connectivity index (χ0n) is 13.2. The van der Waals surface area contributed by atoms with Crippen molar-refractivity contribution in [2.75, 3.05) is 6.54 Å². The van der Waals surface area contributed by atoms with Crippen molar-refractivity contribution < 1.29 is 8.81 Å². The molecular weight excluding hydrogens is 309 g/mol. The lowest BCUT2D eigenvalue weighted by Crippen LogP contribution is -2.32. The molecule has 1 aliphatic heterocycles. The van der Waals surface area contributed by atoms with Gasteiger partial charge in [-0.1, -0.05) is 0 Å². The van der Waals surface area contributed by atoms with E-state index in [-0.39, 0.29) is 5.82 Å². The lowest BCUT2D eigenvalue weighted by Gasteiger charge is -2.22. The van der Waals surface area contributed by atoms with E-state index in [4.69, 9.17) is 4.42 Å². The molecule has 0 spiro atoms. The molecule has 3 heterocycles. The molecule has 1 aromatic carbocycles. The molecule has 0 unspecified atom stereocenters. The molecule has 0 aliphatic carbocycles. The highest BCUT2D eigenvalue weighted by molar-refractivity contribution is 5.51. The summed E-state index contributed by atoms with van der Waals surface area (Å²) in [7, 11) is 0. The average molecular weight is 327 g/mol. The Balaban J connectivity index is 1.44. The fourth-order valence-electron chi connectivity index (χ4n) is 3.13. The van der Waals surface area contributed by atoms with Crippen molar-refractivity contribution >= 4 is 0 Å². The summed E-state index contributed by atoms with van der Waals surface area (Å²) in [5.74, 6) is 0.728. The van der Waals surface area contributed by atoms with Crippen LogP contribution in [0.3, 0.4) is 0 Å². The van der Waals surface area contributed by atoms with Crippen LogP contribution in [-0.2, 0) is 13.1 Å². The van der Waals surface area contributed by atoms with Crippen molar-refractivity contribution in [1.82, 2.24) is 24.9 Å². The summed E-state index contributed by atoms with van der Waals surface area (Å²) in [6.45, 7) is 2.51. The van der Waals surface area contributed by atoms with Gasteiger partial charge < -0.3 is 4.42 Å². The molecule has 0 amide bonds. The van der Waals surface area contributed by atoms with Gasteiger partial charge in [0, 0.05) is 24.0 Å². The van der Waals surface area contributed by atoms with Gasteiger partial charge in [-0.15, -0.1) is 10.2 Å². The summed E-state index contributed by atoms with van der Waals surface area (Å²) >= 11 is 0. The fourth-order valence-corrected chi connectivity index (χ4v) is 3.13. The van der Waals surface area contributed by atoms with Crippen molar-refractivity contribution in [1.29, 1.82) is 0 Å². The van der Waals surface area contributed by atoms with Crippen molar-refractivity contribution in [3.63, 3.8) is 0 Å². The molecule has 124 valence electrons. The lowest BCUT2D eigenvalue weighted by atomic mass is 10.2. The van der Waals surface area contributed by atoms with Gasteiger partial charge in [-0.2, -0.15) is 5.10 Å². The third kappa shape index (κ3) is 3.21. The molecular formula is C17H18FN5O. The fraction of sp³-hybridized carbons (Fsp3) is 0.353. The largest absolute Gasteiger partial charge is 0.419 e. The van der Waals surface area contributed by atoms with E-state index >= 15 is 0 Å². The van der Waals surface area contributed by atoms with E-state index < -0.39 is 0 Å². The first kappa shape index (κ1) is 15.0. The summed E-state index contributed by atoms with van der Waals surface area (Å²) in [5.41, 5.74) is 0.727. The van der Waals surface area contributed by atoms with E-state index in [1.165, 1.54) is 12.1 Å². The van der Waals surface area contributed by atoms with Gasteiger partial charge in [0.1, 0.15) is 5.82 Å². The number of benzene rings is 1. The van der Waals surface area contributed by atoms with Gasteiger partial charge >= 0.3 is 0 Å². The lowest BCUT2D eigenvalue weighted by molar-refractivity contribution is 0.200. The third-order valence-corrected chi connectivity index (χ3v) is 4.35. The number of nitrogens with zero attached hydrogens (tertiary/aromatic N) is 5. The molecule has 1 fully saturated rings. The van der Waals surface area contributed by atoms with E-state index in [0.29, 0.717) is 24.4 Å². The summed E-state index contributed by atoms with van der Waals surface area (Å²) < 4.78 is 20.7. The van der Waals surface area contributed by atoms with Crippen LogP contribution in [0, 0.1) is 5.82 Å². The first-order valence-corrected chi connectivity index (χ1v) is 8.08. The molecule has 0 radical (unpaired) electrons. The van der Waals surface area contributed by atoms with Crippen LogP contribution in [0.5, 0.6) is 0 Å². The van der Waals surface area contributed by atoms with Crippen LogP contribution >= 0.6 is 0 Å². The van der Waals surface area contributed by atoms with E-state index in [0.717, 1.165) is 31.5 Å². The average Bonchev–Trinajstić information content (AvgIpc) is 3.32. The molecule has 0 N–H and O–H groups in total. The molecule has 2 aromatic heterocycles. The number of rotatable bonds is 5. The number of hydrogen-bond donors (Lipinski definition) is 0. The van der Waals surface area contributed by atoms with Crippen LogP contribution < -0.4 is 0 Å². The van der Waals surface area contributed by atoms with Crippen molar-refractivity contribution in [2.24, 2.45) is 0 Å². The Bertz CT molecular complexity index is 784. The Hall–Kier alpha value is -2.54. The smallest absolute Gasteiger partial charge is 0.247 e. The molecule has 0 bridgehead atoms. The van der Waals surface area contributed by atoms with Crippen molar-refractivity contribution in [2.45, 2.75) is 32.0 Å². The van der Waals surface area contributed by atoms with Crippen LogP contribution in [0.1, 0.15) is 18.7 Å². The summed E-state index contributed by atoms with van der Waals surface area (Å²) in [4.78, 5) is 2.35. The maximum Gasteiger partial charge on any atom is 0.247 e. The highest BCUT2D eigenvalue weighted by Gasteiger charge is 2.26. The molecule has 24 heavy (non-hydrogen) atoms. The molecule has 7 heteroatoms. The highest BCUT2D eigenvalue weighted by Crippen LogP contribution is 2.23. The van der Waals surface area contributed by atoms with Crippen molar-refractivity contribution in [3.05, 3.63) is 54.4 Å². The van der Waals surface area contributed by atoms with Crippen LogP contribution in [0.2, 0.25) is 0 Å². The van der Waals surface area contributed by atoms with Gasteiger partial charge in [-0.25, -0.2) is 4.39 Å². The molecule has 1 atom stereocenters. The Morgan fingerprint density at radius 3 is 2.88 bits per heavy atom. The third-order valence-electron chi connectivity index (χ3n) is 4.35. The molecule has 0 saturated carbocycles. The molecule has 4 rings (SSSR count). The zero-order chi connectivity index (χ0) is 16.4. The van der Waals surface area contributed by atoms with Crippen molar-refractivity contribution in [3.8, 4) is 11.5 Å². The Kier molecular flexibility index (Phi) is 4.08. The number of likely N-dealkylation sites (tertiary alicyclic amines) is 1. The van der Waals surface area contributed by atoms with Gasteiger partial charge in [-0.05, 0) is 49.7 Å². The van der Waals surface area contributed by atoms with Crippen LogP contribution in [0.4, 0.5) is 4.39 Å². The van der Waals surface area contributed by atoms with Gasteiger partial charge in [0.25, 0.3) is 0 Å². The zero-order valence-corrected chi connectivity index (χ0v) is 13.2. The summed E-state index contributed by atoms with van der Waals surface area (Å²) in [5, 5.41) is 12.5. The normalized spacial score (nSPS) is 18.3. The van der Waals surface area contributed by atoms with E-state index in [2.05, 4.69) is 20.2 Å². The predicted octanol–water partition coefficient (Wildman–Crippen LogP) is 2.74. The maximum absolute atomic E-state index is 13.0. The number of hydrogen-bond acceptors (Lipinski definition) is 5. The Morgan fingerprint density at radius 2 is 2.08 bits per heavy atom. The predicted molar refractivity (Wildman–Crippen MR) is 85.4 cm³/mol. The van der Waals surface area contributed by atoms with E-state index in [1.54, 1.807) is 18.3 Å². The van der Waals surface area contributed by atoms with Crippen LogP contribution in [-0.4, -0.2) is 37.5 Å². The van der Waals surface area contributed by atoms with Gasteiger partial charge in [0.15, 0.2) is 0 Å². The minimum atomic E-state index is -0.281. The molecule has 3 aromatic rings. The summed E-state index contributed by atoms with van der Waals surface area (Å²) in [6.07, 6.45) is 6.08. The SMILES string of the molecule is Fc1ccc(-c2nnc(CN3CCC[C@H]3Cn3cccn3)o2)cc1. The first-order valence-electron chi connectivity index (χ1n) is 8.08.